The molecule has 2 aromatic carbocycles. The Morgan fingerprint density at radius 2 is 1.87 bits per heavy atom. The van der Waals surface area contributed by atoms with Crippen LogP contribution in [0.15, 0.2) is 18.2 Å². The lowest BCUT2D eigenvalue weighted by Gasteiger charge is -2.45. The largest absolute Gasteiger partial charge is 0.507 e. The van der Waals surface area contributed by atoms with Crippen LogP contribution >= 0.6 is 0 Å². The highest BCUT2D eigenvalue weighted by Gasteiger charge is 2.50. The number of hydrogen-bond acceptors (Lipinski definition) is 13. The molecule has 2 aromatic rings. The summed E-state index contributed by atoms with van der Waals surface area (Å²) < 4.78 is 22.7. The maximum atomic E-state index is 13.8. The highest BCUT2D eigenvalue weighted by molar-refractivity contribution is 6.31. The molecule has 6 atom stereocenters. The standard InChI is InChI=1S/C32H36N2O11/c1-15-27(36)19(34(9-8-33)10-11-42-3)12-22(44-15)45-21-14-32(41,16(2)35)13-18-24(21)31(40)26-25(29(18)38)28(37)17-6-5-7-20(43-4)23(17)30(26)39/h5-7,15,19,21-22,27,36,38,40-41H,9-14H2,1-4H3/t15-,19-,21-,22-,27+,32-/m0/s1. The number of phenols is 2. The third kappa shape index (κ3) is 5.48. The van der Waals surface area contributed by atoms with Crippen molar-refractivity contribution < 1.29 is 53.8 Å². The van der Waals surface area contributed by atoms with Crippen LogP contribution in [0.3, 0.4) is 0 Å². The topological polar surface area (TPSA) is 196 Å². The highest BCUT2D eigenvalue weighted by Crippen LogP contribution is 2.52. The lowest BCUT2D eigenvalue weighted by atomic mass is 9.72. The summed E-state index contributed by atoms with van der Waals surface area (Å²) in [7, 11) is 2.85. The van der Waals surface area contributed by atoms with Crippen LogP contribution in [0.4, 0.5) is 0 Å². The molecule has 1 saturated heterocycles. The molecule has 0 aromatic heterocycles. The van der Waals surface area contributed by atoms with Gasteiger partial charge in [0.2, 0.25) is 5.78 Å². The predicted molar refractivity (Wildman–Crippen MR) is 155 cm³/mol. The number of nitrogens with zero attached hydrogens (tertiary/aromatic N) is 2. The Morgan fingerprint density at radius 3 is 2.51 bits per heavy atom. The first-order chi connectivity index (χ1) is 21.4. The van der Waals surface area contributed by atoms with Crippen LogP contribution in [0.2, 0.25) is 0 Å². The summed E-state index contributed by atoms with van der Waals surface area (Å²) in [5.41, 5.74) is -3.22. The minimum Gasteiger partial charge on any atom is -0.507 e. The Morgan fingerprint density at radius 1 is 1.16 bits per heavy atom. The molecule has 13 nitrogen and oxygen atoms in total. The van der Waals surface area contributed by atoms with E-state index in [0.29, 0.717) is 13.2 Å². The first-order valence-electron chi connectivity index (χ1n) is 14.6. The van der Waals surface area contributed by atoms with Gasteiger partial charge in [-0.05, 0) is 19.9 Å². The van der Waals surface area contributed by atoms with Gasteiger partial charge in [-0.25, -0.2) is 0 Å². The fourth-order valence-electron chi connectivity index (χ4n) is 6.63. The van der Waals surface area contributed by atoms with Crippen LogP contribution < -0.4 is 4.74 Å². The van der Waals surface area contributed by atoms with Crippen LogP contribution in [0, 0.1) is 11.3 Å². The third-order valence-corrected chi connectivity index (χ3v) is 9.05. The highest BCUT2D eigenvalue weighted by atomic mass is 16.7. The zero-order chi connectivity index (χ0) is 32.8. The molecule has 0 saturated carbocycles. The van der Waals surface area contributed by atoms with Crippen molar-refractivity contribution in [3.05, 3.63) is 51.6 Å². The van der Waals surface area contributed by atoms with Gasteiger partial charge in [-0.3, -0.25) is 19.3 Å². The number of fused-ring (bicyclic) bond motifs is 3. The number of carbonyl (C=O) groups excluding carboxylic acids is 3. The smallest absolute Gasteiger partial charge is 0.202 e. The van der Waals surface area contributed by atoms with Crippen LogP contribution in [0.1, 0.15) is 75.8 Å². The predicted octanol–water partition coefficient (Wildman–Crippen LogP) is 1.54. The number of Topliss-reactive ketones (excluding diaryl/α,β-unsaturated/α-hetero) is 1. The molecule has 1 aliphatic heterocycles. The Labute approximate surface area is 259 Å². The Hall–Kier alpha value is -3.90. The molecule has 0 spiro atoms. The first-order valence-corrected chi connectivity index (χ1v) is 14.6. The van der Waals surface area contributed by atoms with Gasteiger partial charge >= 0.3 is 0 Å². The molecule has 0 radical (unpaired) electrons. The van der Waals surface area contributed by atoms with Gasteiger partial charge in [-0.2, -0.15) is 5.26 Å². The number of phenolic OH excluding ortho intramolecular Hbond substituents is 2. The molecule has 240 valence electrons. The average Bonchev–Trinajstić information content (AvgIpc) is 3.00. The van der Waals surface area contributed by atoms with E-state index < -0.39 is 82.6 Å². The summed E-state index contributed by atoms with van der Waals surface area (Å²) >= 11 is 0. The average molecular weight is 625 g/mol. The van der Waals surface area contributed by atoms with Crippen LogP contribution in [0.25, 0.3) is 0 Å². The van der Waals surface area contributed by atoms with Gasteiger partial charge in [0.15, 0.2) is 17.9 Å². The lowest BCUT2D eigenvalue weighted by molar-refractivity contribution is -0.258. The number of rotatable bonds is 9. The summed E-state index contributed by atoms with van der Waals surface area (Å²) in [6, 6.07) is 5.91. The maximum Gasteiger partial charge on any atom is 0.202 e. The summed E-state index contributed by atoms with van der Waals surface area (Å²) in [5.74, 6) is -3.30. The van der Waals surface area contributed by atoms with Crippen molar-refractivity contribution >= 4 is 17.3 Å². The van der Waals surface area contributed by atoms with Gasteiger partial charge < -0.3 is 39.4 Å². The molecule has 3 aliphatic rings. The van der Waals surface area contributed by atoms with Crippen molar-refractivity contribution in [2.75, 3.05) is 33.9 Å². The van der Waals surface area contributed by atoms with Gasteiger partial charge in [-0.15, -0.1) is 0 Å². The summed E-state index contributed by atoms with van der Waals surface area (Å²) in [4.78, 5) is 41.9. The SMILES string of the molecule is COCCN(CC#N)[C@H]1C[C@H](O[C@H]2C[C@](O)(C(C)=O)Cc3c(O)c4c(c(O)c32)C(=O)c2c(OC)cccc2C4=O)O[C@@H](C)[C@H]1O. The van der Waals surface area contributed by atoms with Crippen molar-refractivity contribution in [1.29, 1.82) is 5.26 Å². The third-order valence-electron chi connectivity index (χ3n) is 9.05. The van der Waals surface area contributed by atoms with E-state index >= 15 is 0 Å². The van der Waals surface area contributed by atoms with E-state index in [9.17, 15) is 40.1 Å². The molecule has 0 amide bonds. The second-order valence-corrected chi connectivity index (χ2v) is 11.7. The van der Waals surface area contributed by atoms with Gasteiger partial charge in [-0.1, -0.05) is 12.1 Å². The van der Waals surface area contributed by atoms with Gasteiger partial charge in [0.1, 0.15) is 22.8 Å². The van der Waals surface area contributed by atoms with Crippen molar-refractivity contribution in [3.63, 3.8) is 0 Å². The molecule has 2 aliphatic carbocycles. The zero-order valence-corrected chi connectivity index (χ0v) is 25.4. The molecule has 45 heavy (non-hydrogen) atoms. The van der Waals surface area contributed by atoms with Crippen molar-refractivity contribution in [1.82, 2.24) is 4.90 Å². The Balaban J connectivity index is 1.60. The molecule has 4 N–H and O–H groups in total. The molecule has 0 unspecified atom stereocenters. The van der Waals surface area contributed by atoms with Crippen LogP contribution in [0.5, 0.6) is 17.2 Å². The monoisotopic (exact) mass is 624 g/mol. The summed E-state index contributed by atoms with van der Waals surface area (Å²) in [6.45, 7) is 3.43. The number of carbonyl (C=O) groups is 3. The van der Waals surface area contributed by atoms with Crippen LogP contribution in [-0.4, -0.2) is 107 Å². The number of methoxy groups -OCH3 is 2. The van der Waals surface area contributed by atoms with E-state index in [1.807, 2.05) is 0 Å². The maximum absolute atomic E-state index is 13.8. The Bertz CT molecular complexity index is 1580. The van der Waals surface area contributed by atoms with Crippen LogP contribution in [-0.2, 0) is 25.4 Å². The van der Waals surface area contributed by atoms with E-state index in [4.69, 9.17) is 18.9 Å². The number of hydrogen-bond donors (Lipinski definition) is 4. The fourth-order valence-corrected chi connectivity index (χ4v) is 6.63. The molecular weight excluding hydrogens is 588 g/mol. The lowest BCUT2D eigenvalue weighted by Crippen LogP contribution is -2.56. The number of aliphatic hydroxyl groups excluding tert-OH is 1. The zero-order valence-electron chi connectivity index (χ0n) is 25.4. The summed E-state index contributed by atoms with van der Waals surface area (Å²) in [5, 5.41) is 55.0. The number of nitriles is 1. The van der Waals surface area contributed by atoms with E-state index in [-0.39, 0.29) is 47.4 Å². The summed E-state index contributed by atoms with van der Waals surface area (Å²) in [6.07, 6.45) is -4.88. The molecule has 1 fully saturated rings. The van der Waals surface area contributed by atoms with Crippen molar-refractivity contribution in [2.24, 2.45) is 0 Å². The Kier molecular flexibility index (Phi) is 9.01. The molecule has 5 rings (SSSR count). The molecule has 1 heterocycles. The number of benzene rings is 2. The second-order valence-electron chi connectivity index (χ2n) is 11.7. The van der Waals surface area contributed by atoms with Gasteiger partial charge in [0.05, 0.1) is 61.3 Å². The fraction of sp³-hybridized carbons (Fsp3) is 0.500. The van der Waals surface area contributed by atoms with E-state index in [0.717, 1.165) is 0 Å². The number of ether oxygens (including phenoxy) is 4. The van der Waals surface area contributed by atoms with Crippen molar-refractivity contribution in [3.8, 4) is 23.3 Å². The van der Waals surface area contributed by atoms with E-state index in [2.05, 4.69) is 6.07 Å². The van der Waals surface area contributed by atoms with E-state index in [1.54, 1.807) is 11.8 Å². The number of aliphatic hydroxyl groups is 2. The normalized spacial score (nSPS) is 27.4. The molecule has 13 heteroatoms. The van der Waals surface area contributed by atoms with Gasteiger partial charge in [0.25, 0.3) is 0 Å². The minimum absolute atomic E-state index is 0.0112. The molecular formula is C32H36N2O11. The first kappa shape index (κ1) is 32.5. The number of aromatic hydroxyl groups is 2. The van der Waals surface area contributed by atoms with Gasteiger partial charge in [0, 0.05) is 55.6 Å². The van der Waals surface area contributed by atoms with E-state index in [1.165, 1.54) is 39.3 Å². The number of ketones is 3. The van der Waals surface area contributed by atoms with Crippen molar-refractivity contribution in [2.45, 2.75) is 69.4 Å². The quantitative estimate of drug-likeness (QED) is 0.198. The molecule has 0 bridgehead atoms. The second kappa shape index (κ2) is 12.5. The minimum atomic E-state index is -2.05.